The van der Waals surface area contributed by atoms with Gasteiger partial charge in [0.25, 0.3) is 0 Å². The smallest absolute Gasteiger partial charge is 0.0727 e. The zero-order chi connectivity index (χ0) is 13.4. The minimum Gasteiger partial charge on any atom is -0.391 e. The van der Waals surface area contributed by atoms with E-state index in [4.69, 9.17) is 4.74 Å². The first-order valence-electron chi connectivity index (χ1n) is 7.30. The molecule has 1 saturated carbocycles. The molecule has 0 spiro atoms. The number of hydrogen-bond acceptors (Lipinski definition) is 2. The molecule has 1 unspecified atom stereocenters. The van der Waals surface area contributed by atoms with Gasteiger partial charge in [0.1, 0.15) is 0 Å². The summed E-state index contributed by atoms with van der Waals surface area (Å²) in [5, 5.41) is 10.4. The molecule has 0 aromatic rings. The maximum atomic E-state index is 10.4. The second kappa shape index (κ2) is 7.81. The molecule has 1 N–H and O–H groups in total. The first-order chi connectivity index (χ1) is 8.60. The van der Waals surface area contributed by atoms with Crippen molar-refractivity contribution in [2.45, 2.75) is 65.4 Å². The van der Waals surface area contributed by atoms with Crippen LogP contribution in [0.15, 0.2) is 0 Å². The third-order valence-electron chi connectivity index (χ3n) is 3.74. The SMILES string of the molecule is CC#CC1(C(O)CCOCC(C)C)CCCCC1. The Morgan fingerprint density at radius 3 is 2.44 bits per heavy atom. The van der Waals surface area contributed by atoms with Crippen LogP contribution in [0.4, 0.5) is 0 Å². The van der Waals surface area contributed by atoms with Gasteiger partial charge in [-0.1, -0.05) is 39.0 Å². The van der Waals surface area contributed by atoms with Crippen LogP contribution in [0.25, 0.3) is 0 Å². The molecule has 1 rings (SSSR count). The number of hydrogen-bond donors (Lipinski definition) is 1. The van der Waals surface area contributed by atoms with Crippen LogP contribution in [-0.2, 0) is 4.74 Å². The van der Waals surface area contributed by atoms with E-state index in [1.807, 2.05) is 6.92 Å². The molecule has 0 radical (unpaired) electrons. The van der Waals surface area contributed by atoms with Crippen molar-refractivity contribution in [3.8, 4) is 11.8 Å². The molecule has 1 atom stereocenters. The summed E-state index contributed by atoms with van der Waals surface area (Å²) in [7, 11) is 0. The Kier molecular flexibility index (Phi) is 6.75. The van der Waals surface area contributed by atoms with E-state index < -0.39 is 0 Å². The maximum Gasteiger partial charge on any atom is 0.0727 e. The highest BCUT2D eigenvalue weighted by Crippen LogP contribution is 2.39. The minimum atomic E-state index is -0.336. The van der Waals surface area contributed by atoms with E-state index in [2.05, 4.69) is 25.7 Å². The second-order valence-electron chi connectivity index (χ2n) is 5.87. The van der Waals surface area contributed by atoms with Crippen LogP contribution >= 0.6 is 0 Å². The van der Waals surface area contributed by atoms with Gasteiger partial charge in [-0.25, -0.2) is 0 Å². The molecular weight excluding hydrogens is 224 g/mol. The maximum absolute atomic E-state index is 10.4. The lowest BCUT2D eigenvalue weighted by Crippen LogP contribution is -2.37. The van der Waals surface area contributed by atoms with E-state index in [0.29, 0.717) is 18.9 Å². The fraction of sp³-hybridized carbons (Fsp3) is 0.875. The van der Waals surface area contributed by atoms with Gasteiger partial charge < -0.3 is 9.84 Å². The van der Waals surface area contributed by atoms with E-state index in [1.165, 1.54) is 19.3 Å². The molecule has 1 fully saturated rings. The largest absolute Gasteiger partial charge is 0.391 e. The van der Waals surface area contributed by atoms with Gasteiger partial charge in [-0.05, 0) is 32.1 Å². The molecule has 0 bridgehead atoms. The molecule has 2 heteroatoms. The van der Waals surface area contributed by atoms with Crippen LogP contribution in [0.2, 0.25) is 0 Å². The van der Waals surface area contributed by atoms with Crippen molar-refractivity contribution in [1.82, 2.24) is 0 Å². The summed E-state index contributed by atoms with van der Waals surface area (Å²) in [5.41, 5.74) is -0.159. The Labute approximate surface area is 112 Å². The predicted molar refractivity (Wildman–Crippen MR) is 75.2 cm³/mol. The van der Waals surface area contributed by atoms with Crippen molar-refractivity contribution in [3.05, 3.63) is 0 Å². The number of rotatable bonds is 6. The number of aliphatic hydroxyl groups is 1. The molecule has 104 valence electrons. The van der Waals surface area contributed by atoms with Crippen LogP contribution in [0.3, 0.4) is 0 Å². The zero-order valence-electron chi connectivity index (χ0n) is 12.2. The summed E-state index contributed by atoms with van der Waals surface area (Å²) in [4.78, 5) is 0. The Morgan fingerprint density at radius 2 is 1.89 bits per heavy atom. The average molecular weight is 252 g/mol. The third kappa shape index (κ3) is 4.63. The summed E-state index contributed by atoms with van der Waals surface area (Å²) < 4.78 is 5.57. The normalized spacial score (nSPS) is 20.3. The molecular formula is C16H28O2. The van der Waals surface area contributed by atoms with Crippen molar-refractivity contribution in [2.75, 3.05) is 13.2 Å². The minimum absolute atomic E-state index is 0.159. The Hall–Kier alpha value is -0.520. The van der Waals surface area contributed by atoms with Gasteiger partial charge in [0.05, 0.1) is 11.5 Å². The summed E-state index contributed by atoms with van der Waals surface area (Å²) in [6.07, 6.45) is 6.12. The molecule has 0 aliphatic heterocycles. The van der Waals surface area contributed by atoms with Gasteiger partial charge in [0, 0.05) is 13.2 Å². The van der Waals surface area contributed by atoms with Gasteiger partial charge in [-0.2, -0.15) is 0 Å². The molecule has 0 amide bonds. The van der Waals surface area contributed by atoms with Crippen molar-refractivity contribution in [2.24, 2.45) is 11.3 Å². The van der Waals surface area contributed by atoms with E-state index in [0.717, 1.165) is 19.4 Å². The second-order valence-corrected chi connectivity index (χ2v) is 5.87. The molecule has 0 saturated heterocycles. The predicted octanol–water partition coefficient (Wildman–Crippen LogP) is 3.38. The Morgan fingerprint density at radius 1 is 1.22 bits per heavy atom. The average Bonchev–Trinajstić information content (AvgIpc) is 2.35. The van der Waals surface area contributed by atoms with E-state index >= 15 is 0 Å². The molecule has 1 aliphatic rings. The first kappa shape index (κ1) is 15.5. The molecule has 0 aromatic heterocycles. The standard InChI is InChI=1S/C16H28O2/c1-4-9-16(10-6-5-7-11-16)15(17)8-12-18-13-14(2)3/h14-15,17H,5-8,10-13H2,1-3H3. The van der Waals surface area contributed by atoms with Crippen LogP contribution in [0.5, 0.6) is 0 Å². The molecule has 2 nitrogen and oxygen atoms in total. The highest BCUT2D eigenvalue weighted by atomic mass is 16.5. The van der Waals surface area contributed by atoms with Gasteiger partial charge >= 0.3 is 0 Å². The quantitative estimate of drug-likeness (QED) is 0.580. The van der Waals surface area contributed by atoms with Gasteiger partial charge in [0.15, 0.2) is 0 Å². The molecule has 1 aliphatic carbocycles. The fourth-order valence-electron chi connectivity index (χ4n) is 2.76. The van der Waals surface area contributed by atoms with E-state index in [9.17, 15) is 5.11 Å². The van der Waals surface area contributed by atoms with Gasteiger partial charge in [0.2, 0.25) is 0 Å². The monoisotopic (exact) mass is 252 g/mol. The Balaban J connectivity index is 2.44. The van der Waals surface area contributed by atoms with Gasteiger partial charge in [-0.15, -0.1) is 5.92 Å². The van der Waals surface area contributed by atoms with Crippen molar-refractivity contribution in [3.63, 3.8) is 0 Å². The first-order valence-corrected chi connectivity index (χ1v) is 7.30. The van der Waals surface area contributed by atoms with E-state index in [-0.39, 0.29) is 11.5 Å². The highest BCUT2D eigenvalue weighted by molar-refractivity contribution is 5.14. The third-order valence-corrected chi connectivity index (χ3v) is 3.74. The summed E-state index contributed by atoms with van der Waals surface area (Å²) in [6.45, 7) is 7.58. The fourth-order valence-corrected chi connectivity index (χ4v) is 2.76. The van der Waals surface area contributed by atoms with Gasteiger partial charge in [-0.3, -0.25) is 0 Å². The molecule has 0 aromatic carbocycles. The number of aliphatic hydroxyl groups excluding tert-OH is 1. The lowest BCUT2D eigenvalue weighted by molar-refractivity contribution is 0.00319. The Bertz CT molecular complexity index is 279. The summed E-state index contributed by atoms with van der Waals surface area (Å²) in [5.74, 6) is 6.87. The summed E-state index contributed by atoms with van der Waals surface area (Å²) in [6, 6.07) is 0. The van der Waals surface area contributed by atoms with Crippen LogP contribution in [0.1, 0.15) is 59.3 Å². The van der Waals surface area contributed by atoms with Crippen LogP contribution < -0.4 is 0 Å². The van der Waals surface area contributed by atoms with Crippen LogP contribution in [-0.4, -0.2) is 24.4 Å². The highest BCUT2D eigenvalue weighted by Gasteiger charge is 2.37. The lowest BCUT2D eigenvalue weighted by Gasteiger charge is -2.37. The van der Waals surface area contributed by atoms with Crippen molar-refractivity contribution in [1.29, 1.82) is 0 Å². The van der Waals surface area contributed by atoms with E-state index in [1.54, 1.807) is 0 Å². The van der Waals surface area contributed by atoms with Crippen LogP contribution in [0, 0.1) is 23.2 Å². The summed E-state index contributed by atoms with van der Waals surface area (Å²) >= 11 is 0. The lowest BCUT2D eigenvalue weighted by atomic mass is 9.70. The van der Waals surface area contributed by atoms with Crippen molar-refractivity contribution >= 4 is 0 Å². The molecule has 0 heterocycles. The van der Waals surface area contributed by atoms with Crippen molar-refractivity contribution < 1.29 is 9.84 Å². The topological polar surface area (TPSA) is 29.5 Å². The number of ether oxygens (including phenoxy) is 1. The zero-order valence-corrected chi connectivity index (χ0v) is 12.2. The molecule has 18 heavy (non-hydrogen) atoms.